The maximum Gasteiger partial charge on any atom is 0.0931 e. The van der Waals surface area contributed by atoms with Crippen LogP contribution in [0, 0.1) is 0 Å². The van der Waals surface area contributed by atoms with Crippen molar-refractivity contribution in [3.63, 3.8) is 0 Å². The van der Waals surface area contributed by atoms with Gasteiger partial charge in [-0.1, -0.05) is 36.2 Å². The Hall–Kier alpha value is -0.740. The van der Waals surface area contributed by atoms with Gasteiger partial charge in [0.1, 0.15) is 0 Å². The van der Waals surface area contributed by atoms with Crippen molar-refractivity contribution in [2.75, 3.05) is 11.9 Å². The number of thiophene rings is 1. The molecule has 0 saturated heterocycles. The van der Waals surface area contributed by atoms with E-state index in [9.17, 15) is 0 Å². The van der Waals surface area contributed by atoms with Gasteiger partial charge in [0.25, 0.3) is 0 Å². The van der Waals surface area contributed by atoms with Crippen LogP contribution in [-0.4, -0.2) is 13.1 Å². The van der Waals surface area contributed by atoms with Crippen molar-refractivity contribution in [1.82, 2.24) is 0 Å². The Bertz CT molecular complexity index is 598. The molecule has 0 spiro atoms. The van der Waals surface area contributed by atoms with E-state index in [4.69, 9.17) is 28.9 Å². The van der Waals surface area contributed by atoms with Crippen molar-refractivity contribution in [1.29, 1.82) is 0 Å². The Morgan fingerprint density at radius 1 is 1.24 bits per heavy atom. The first-order valence-corrected chi connectivity index (χ1v) is 8.56. The van der Waals surface area contributed by atoms with Crippen molar-refractivity contribution in [3.8, 4) is 0 Å². The minimum Gasteiger partial charge on any atom is -0.369 e. The number of nitrogens with two attached hydrogens (primary N) is 1. The molecular formula is C16H20Cl2N2S. The summed E-state index contributed by atoms with van der Waals surface area (Å²) in [7, 11) is 2.05. The summed E-state index contributed by atoms with van der Waals surface area (Å²) >= 11 is 13.9. The van der Waals surface area contributed by atoms with Crippen LogP contribution in [0.25, 0.3) is 0 Å². The fourth-order valence-corrected chi connectivity index (χ4v) is 3.52. The third kappa shape index (κ3) is 4.62. The Kier molecular flexibility index (Phi) is 5.94. The lowest BCUT2D eigenvalue weighted by atomic mass is 10.0. The number of hydrogen-bond donors (Lipinski definition) is 1. The van der Waals surface area contributed by atoms with Crippen molar-refractivity contribution in [2.24, 2.45) is 5.73 Å². The Labute approximate surface area is 140 Å². The summed E-state index contributed by atoms with van der Waals surface area (Å²) in [6.07, 6.45) is 1.77. The minimum atomic E-state index is 0.166. The molecule has 0 aliphatic carbocycles. The first kappa shape index (κ1) is 16.6. The molecule has 0 aliphatic rings. The van der Waals surface area contributed by atoms with Crippen LogP contribution in [0.15, 0.2) is 30.3 Å². The number of hydrogen-bond acceptors (Lipinski definition) is 3. The molecule has 2 aromatic rings. The van der Waals surface area contributed by atoms with E-state index in [0.717, 1.165) is 40.0 Å². The summed E-state index contributed by atoms with van der Waals surface area (Å²) < 4.78 is 0.820. The average molecular weight is 343 g/mol. The number of rotatable bonds is 6. The summed E-state index contributed by atoms with van der Waals surface area (Å²) in [5.74, 6) is 0. The lowest BCUT2D eigenvalue weighted by Gasteiger charge is -2.20. The van der Waals surface area contributed by atoms with Gasteiger partial charge in [-0.2, -0.15) is 0 Å². The van der Waals surface area contributed by atoms with Gasteiger partial charge in [0, 0.05) is 28.7 Å². The molecule has 114 valence electrons. The molecule has 0 aliphatic heterocycles. The lowest BCUT2D eigenvalue weighted by Crippen LogP contribution is -2.21. The highest BCUT2D eigenvalue weighted by molar-refractivity contribution is 7.16. The maximum atomic E-state index is 6.38. The standard InChI is InChI=1S/C16H20Cl2N2S/c1-3-12(19)8-11-4-5-13(9-15(11)17)20(2)10-14-6-7-16(18)21-14/h4-7,9,12H,3,8,10,19H2,1-2H3. The molecule has 0 saturated carbocycles. The molecule has 1 aromatic heterocycles. The summed E-state index contributed by atoms with van der Waals surface area (Å²) in [6.45, 7) is 2.91. The van der Waals surface area contributed by atoms with Crippen LogP contribution in [0.2, 0.25) is 9.36 Å². The van der Waals surface area contributed by atoms with Gasteiger partial charge in [-0.05, 0) is 42.7 Å². The van der Waals surface area contributed by atoms with E-state index in [1.54, 1.807) is 11.3 Å². The smallest absolute Gasteiger partial charge is 0.0931 e. The van der Waals surface area contributed by atoms with Gasteiger partial charge in [-0.25, -0.2) is 0 Å². The molecule has 0 fully saturated rings. The fraction of sp³-hybridized carbons (Fsp3) is 0.375. The van der Waals surface area contributed by atoms with Gasteiger partial charge < -0.3 is 10.6 Å². The molecule has 2 rings (SSSR count). The zero-order valence-electron chi connectivity index (χ0n) is 12.3. The van der Waals surface area contributed by atoms with Gasteiger partial charge in [-0.15, -0.1) is 11.3 Å². The summed E-state index contributed by atoms with van der Waals surface area (Å²) in [5.41, 5.74) is 8.21. The highest BCUT2D eigenvalue weighted by atomic mass is 35.5. The number of halogens is 2. The summed E-state index contributed by atoms with van der Waals surface area (Å²) in [6, 6.07) is 10.3. The molecule has 1 heterocycles. The van der Waals surface area contributed by atoms with Crippen molar-refractivity contribution >= 4 is 40.2 Å². The number of nitrogens with zero attached hydrogens (tertiary/aromatic N) is 1. The normalized spacial score (nSPS) is 12.4. The zero-order valence-corrected chi connectivity index (χ0v) is 14.6. The van der Waals surface area contributed by atoms with Crippen LogP contribution in [0.5, 0.6) is 0 Å². The second kappa shape index (κ2) is 7.50. The Morgan fingerprint density at radius 2 is 2.00 bits per heavy atom. The SMILES string of the molecule is CCC(N)Cc1ccc(N(C)Cc2ccc(Cl)s2)cc1Cl. The average Bonchev–Trinajstić information content (AvgIpc) is 2.86. The molecule has 0 radical (unpaired) electrons. The van der Waals surface area contributed by atoms with Crippen LogP contribution in [0.4, 0.5) is 5.69 Å². The van der Waals surface area contributed by atoms with Gasteiger partial charge in [0.2, 0.25) is 0 Å². The summed E-state index contributed by atoms with van der Waals surface area (Å²) in [5, 5.41) is 0.785. The Morgan fingerprint density at radius 3 is 2.57 bits per heavy atom. The highest BCUT2D eigenvalue weighted by Gasteiger charge is 2.09. The molecule has 2 N–H and O–H groups in total. The molecule has 1 unspecified atom stereocenters. The monoisotopic (exact) mass is 342 g/mol. The van der Waals surface area contributed by atoms with E-state index in [2.05, 4.69) is 37.1 Å². The van der Waals surface area contributed by atoms with E-state index in [1.165, 1.54) is 4.88 Å². The molecule has 1 atom stereocenters. The predicted molar refractivity (Wildman–Crippen MR) is 94.9 cm³/mol. The van der Waals surface area contributed by atoms with Gasteiger partial charge in [-0.3, -0.25) is 0 Å². The molecule has 21 heavy (non-hydrogen) atoms. The summed E-state index contributed by atoms with van der Waals surface area (Å²) in [4.78, 5) is 3.40. The highest BCUT2D eigenvalue weighted by Crippen LogP contribution is 2.27. The Balaban J connectivity index is 2.08. The van der Waals surface area contributed by atoms with Crippen LogP contribution in [0.3, 0.4) is 0 Å². The second-order valence-electron chi connectivity index (χ2n) is 5.21. The maximum absolute atomic E-state index is 6.38. The van der Waals surface area contributed by atoms with Crippen LogP contribution >= 0.6 is 34.5 Å². The van der Waals surface area contributed by atoms with E-state index in [0.29, 0.717) is 0 Å². The molecule has 2 nitrogen and oxygen atoms in total. The van der Waals surface area contributed by atoms with Gasteiger partial charge >= 0.3 is 0 Å². The van der Waals surface area contributed by atoms with E-state index in [-0.39, 0.29) is 6.04 Å². The third-order valence-electron chi connectivity index (χ3n) is 3.51. The van der Waals surface area contributed by atoms with Gasteiger partial charge in [0.05, 0.1) is 10.9 Å². The fourth-order valence-electron chi connectivity index (χ4n) is 2.13. The zero-order chi connectivity index (χ0) is 15.4. The number of anilines is 1. The van der Waals surface area contributed by atoms with Crippen molar-refractivity contribution in [2.45, 2.75) is 32.4 Å². The lowest BCUT2D eigenvalue weighted by molar-refractivity contribution is 0.646. The largest absolute Gasteiger partial charge is 0.369 e. The van der Waals surface area contributed by atoms with E-state index >= 15 is 0 Å². The van der Waals surface area contributed by atoms with Crippen LogP contribution in [-0.2, 0) is 13.0 Å². The van der Waals surface area contributed by atoms with Crippen molar-refractivity contribution in [3.05, 3.63) is 50.1 Å². The van der Waals surface area contributed by atoms with Crippen molar-refractivity contribution < 1.29 is 0 Å². The molecule has 0 bridgehead atoms. The van der Waals surface area contributed by atoms with Crippen LogP contribution in [0.1, 0.15) is 23.8 Å². The predicted octanol–water partition coefficient (Wildman–Crippen LogP) is 4.97. The van der Waals surface area contributed by atoms with Gasteiger partial charge in [0.15, 0.2) is 0 Å². The molecule has 0 amide bonds. The van der Waals surface area contributed by atoms with Crippen LogP contribution < -0.4 is 10.6 Å². The molecule has 1 aromatic carbocycles. The minimum absolute atomic E-state index is 0.166. The van der Waals surface area contributed by atoms with E-state index in [1.807, 2.05) is 12.1 Å². The first-order chi connectivity index (χ1) is 9.99. The van der Waals surface area contributed by atoms with E-state index < -0.39 is 0 Å². The molecule has 5 heteroatoms. The first-order valence-electron chi connectivity index (χ1n) is 6.99. The quantitative estimate of drug-likeness (QED) is 0.802. The second-order valence-corrected chi connectivity index (χ2v) is 7.42. The molecular weight excluding hydrogens is 323 g/mol. The third-order valence-corrected chi connectivity index (χ3v) is 5.07. The topological polar surface area (TPSA) is 29.3 Å². The number of benzene rings is 1.